The third-order valence-corrected chi connectivity index (χ3v) is 6.73. The summed E-state index contributed by atoms with van der Waals surface area (Å²) in [6.45, 7) is 7.41. The third-order valence-electron chi connectivity index (χ3n) is 5.54. The van der Waals surface area contributed by atoms with Gasteiger partial charge in [-0.15, -0.1) is 11.3 Å². The van der Waals surface area contributed by atoms with Crippen LogP contribution in [-0.2, 0) is 6.42 Å². The predicted octanol–water partition coefficient (Wildman–Crippen LogP) is 6.42. The second-order valence-electron chi connectivity index (χ2n) is 7.76. The van der Waals surface area contributed by atoms with Gasteiger partial charge in [0.2, 0.25) is 5.95 Å². The Balaban J connectivity index is 0.00000117. The van der Waals surface area contributed by atoms with E-state index in [9.17, 15) is 4.39 Å². The summed E-state index contributed by atoms with van der Waals surface area (Å²) >= 11 is 1.54. The molecule has 1 aliphatic heterocycles. The SMILES string of the molecule is C.CC.NCCc1ccccc1-c1cccc2cc(-c3nc(NCCN4CCN=N4)ncc3F)sc12. The lowest BCUT2D eigenvalue weighted by molar-refractivity contribution is 0.332. The average Bonchev–Trinajstić information content (AvgIpc) is 3.57. The van der Waals surface area contributed by atoms with Crippen LogP contribution in [0.5, 0.6) is 0 Å². The smallest absolute Gasteiger partial charge is 0.223 e. The lowest BCUT2D eigenvalue weighted by Gasteiger charge is -2.12. The quantitative estimate of drug-likeness (QED) is 0.287. The van der Waals surface area contributed by atoms with Gasteiger partial charge in [-0.05, 0) is 41.1 Å². The van der Waals surface area contributed by atoms with Gasteiger partial charge in [0.25, 0.3) is 0 Å². The number of nitrogens with zero attached hydrogens (tertiary/aromatic N) is 5. The molecule has 0 amide bonds. The van der Waals surface area contributed by atoms with E-state index in [1.807, 2.05) is 49.2 Å². The Morgan fingerprint density at radius 3 is 2.69 bits per heavy atom. The first-order valence-corrected chi connectivity index (χ1v) is 12.7. The molecule has 190 valence electrons. The van der Waals surface area contributed by atoms with Crippen LogP contribution in [0.25, 0.3) is 31.8 Å². The zero-order chi connectivity index (χ0) is 24.6. The number of nitrogens with one attached hydrogen (secondary N) is 1. The summed E-state index contributed by atoms with van der Waals surface area (Å²) in [5.74, 6) is -0.0426. The molecule has 5 rings (SSSR count). The highest BCUT2D eigenvalue weighted by atomic mass is 32.1. The van der Waals surface area contributed by atoms with Crippen LogP contribution in [0.4, 0.5) is 10.3 Å². The first kappa shape index (κ1) is 27.2. The van der Waals surface area contributed by atoms with E-state index >= 15 is 0 Å². The number of aromatic nitrogens is 2. The molecule has 1 aliphatic rings. The number of hydrogen-bond acceptors (Lipinski definition) is 8. The van der Waals surface area contributed by atoms with Gasteiger partial charge in [0.15, 0.2) is 5.82 Å². The van der Waals surface area contributed by atoms with E-state index in [1.54, 1.807) is 11.3 Å². The molecule has 36 heavy (non-hydrogen) atoms. The second kappa shape index (κ2) is 13.0. The molecule has 0 spiro atoms. The highest BCUT2D eigenvalue weighted by Crippen LogP contribution is 2.40. The minimum atomic E-state index is -0.439. The summed E-state index contributed by atoms with van der Waals surface area (Å²) in [6, 6.07) is 16.5. The predicted molar refractivity (Wildman–Crippen MR) is 149 cm³/mol. The van der Waals surface area contributed by atoms with Gasteiger partial charge in [-0.1, -0.05) is 69.0 Å². The Hall–Kier alpha value is -3.43. The number of anilines is 1. The molecule has 0 aliphatic carbocycles. The molecule has 7 nitrogen and oxygen atoms in total. The van der Waals surface area contributed by atoms with Crippen LogP contribution in [-0.4, -0.2) is 47.7 Å². The number of rotatable bonds is 8. The second-order valence-corrected chi connectivity index (χ2v) is 8.81. The van der Waals surface area contributed by atoms with Crippen LogP contribution in [0.3, 0.4) is 0 Å². The number of hydrogen-bond donors (Lipinski definition) is 2. The molecule has 3 heterocycles. The van der Waals surface area contributed by atoms with Crippen molar-refractivity contribution < 1.29 is 4.39 Å². The molecular formula is C27H34FN7S. The molecule has 0 bridgehead atoms. The summed E-state index contributed by atoms with van der Waals surface area (Å²) in [4.78, 5) is 9.35. The maximum Gasteiger partial charge on any atom is 0.223 e. The van der Waals surface area contributed by atoms with Gasteiger partial charge in [-0.25, -0.2) is 14.4 Å². The Morgan fingerprint density at radius 2 is 1.92 bits per heavy atom. The number of halogens is 1. The van der Waals surface area contributed by atoms with E-state index in [0.717, 1.165) is 45.6 Å². The molecule has 0 atom stereocenters. The van der Waals surface area contributed by atoms with Crippen molar-refractivity contribution in [3.63, 3.8) is 0 Å². The lowest BCUT2D eigenvalue weighted by Crippen LogP contribution is -2.23. The molecule has 4 aromatic rings. The molecule has 3 N–H and O–H groups in total. The van der Waals surface area contributed by atoms with Gasteiger partial charge in [0.1, 0.15) is 5.69 Å². The van der Waals surface area contributed by atoms with E-state index in [4.69, 9.17) is 5.73 Å². The molecule has 2 aromatic heterocycles. The van der Waals surface area contributed by atoms with Gasteiger partial charge in [0, 0.05) is 11.2 Å². The summed E-state index contributed by atoms with van der Waals surface area (Å²) in [5.41, 5.74) is 9.62. The molecule has 0 saturated heterocycles. The van der Waals surface area contributed by atoms with E-state index in [1.165, 1.54) is 11.8 Å². The van der Waals surface area contributed by atoms with E-state index < -0.39 is 5.82 Å². The van der Waals surface area contributed by atoms with Gasteiger partial charge >= 0.3 is 0 Å². The lowest BCUT2D eigenvalue weighted by atomic mass is 9.97. The van der Waals surface area contributed by atoms with Crippen molar-refractivity contribution in [2.24, 2.45) is 16.1 Å². The fourth-order valence-electron chi connectivity index (χ4n) is 3.97. The van der Waals surface area contributed by atoms with Gasteiger partial charge in [0.05, 0.1) is 30.7 Å². The molecular weight excluding hydrogens is 473 g/mol. The van der Waals surface area contributed by atoms with Crippen molar-refractivity contribution >= 4 is 27.4 Å². The number of nitrogens with two attached hydrogens (primary N) is 1. The minimum Gasteiger partial charge on any atom is -0.352 e. The minimum absolute atomic E-state index is 0. The zero-order valence-corrected chi connectivity index (χ0v) is 20.9. The van der Waals surface area contributed by atoms with Crippen LogP contribution in [0.15, 0.2) is 65.1 Å². The maximum absolute atomic E-state index is 14.7. The largest absolute Gasteiger partial charge is 0.352 e. The topological polar surface area (TPSA) is 91.8 Å². The molecule has 9 heteroatoms. The summed E-state index contributed by atoms with van der Waals surface area (Å²) in [5, 5.41) is 14.1. The van der Waals surface area contributed by atoms with Gasteiger partial charge < -0.3 is 11.1 Å². The maximum atomic E-state index is 14.7. The highest BCUT2D eigenvalue weighted by molar-refractivity contribution is 7.22. The summed E-state index contributed by atoms with van der Waals surface area (Å²) < 4.78 is 15.8. The van der Waals surface area contributed by atoms with Crippen LogP contribution in [0.1, 0.15) is 26.8 Å². The molecule has 0 radical (unpaired) electrons. The highest BCUT2D eigenvalue weighted by Gasteiger charge is 2.16. The van der Waals surface area contributed by atoms with Crippen molar-refractivity contribution in [3.8, 4) is 21.7 Å². The normalized spacial score (nSPS) is 12.3. The first-order valence-electron chi connectivity index (χ1n) is 11.9. The standard InChI is InChI=1S/C24H24FN7S.C2H6.CH4/c25-20-15-28-24(27-10-12-32-13-11-29-31-32)30-22(20)21-14-17-5-3-7-19(23(17)33-21)18-6-2-1-4-16(18)8-9-26;1-2;/h1-7,14-15H,8-13,26H2,(H,27,28,30);1-2H3;1H4. The van der Waals surface area contributed by atoms with Crippen molar-refractivity contribution in [1.82, 2.24) is 15.0 Å². The van der Waals surface area contributed by atoms with Crippen molar-refractivity contribution in [3.05, 3.63) is 66.1 Å². The molecule has 2 aromatic carbocycles. The van der Waals surface area contributed by atoms with Gasteiger partial charge in [-0.2, -0.15) is 5.11 Å². The van der Waals surface area contributed by atoms with E-state index in [2.05, 4.69) is 43.8 Å². The van der Waals surface area contributed by atoms with Crippen LogP contribution < -0.4 is 11.1 Å². The number of fused-ring (bicyclic) bond motifs is 1. The zero-order valence-electron chi connectivity index (χ0n) is 20.0. The van der Waals surface area contributed by atoms with Crippen LogP contribution in [0, 0.1) is 5.82 Å². The monoisotopic (exact) mass is 507 g/mol. The van der Waals surface area contributed by atoms with Crippen molar-refractivity contribution in [2.75, 3.05) is 38.0 Å². The Kier molecular flexibility index (Phi) is 9.84. The first-order chi connectivity index (χ1) is 17.2. The number of thiophene rings is 1. The molecule has 0 saturated carbocycles. The third kappa shape index (κ3) is 6.03. The fraction of sp³-hybridized carbons (Fsp3) is 0.333. The van der Waals surface area contributed by atoms with Crippen LogP contribution in [0.2, 0.25) is 0 Å². The molecule has 0 fully saturated rings. The van der Waals surface area contributed by atoms with Crippen molar-refractivity contribution in [1.29, 1.82) is 0 Å². The van der Waals surface area contributed by atoms with E-state index in [0.29, 0.717) is 31.3 Å². The number of benzene rings is 2. The van der Waals surface area contributed by atoms with Crippen molar-refractivity contribution in [2.45, 2.75) is 27.7 Å². The fourth-order valence-corrected chi connectivity index (χ4v) is 5.14. The van der Waals surface area contributed by atoms with Crippen LogP contribution >= 0.6 is 11.3 Å². The summed E-state index contributed by atoms with van der Waals surface area (Å²) in [7, 11) is 0. The Morgan fingerprint density at radius 1 is 1.11 bits per heavy atom. The molecule has 0 unspecified atom stereocenters. The average molecular weight is 508 g/mol. The Labute approximate surface area is 216 Å². The summed E-state index contributed by atoms with van der Waals surface area (Å²) in [6.07, 6.45) is 2.03. The Bertz CT molecular complexity index is 1300. The van der Waals surface area contributed by atoms with E-state index in [-0.39, 0.29) is 7.43 Å². The van der Waals surface area contributed by atoms with Gasteiger partial charge in [-0.3, -0.25) is 5.01 Å².